The van der Waals surface area contributed by atoms with Gasteiger partial charge in [-0.15, -0.1) is 0 Å². The van der Waals surface area contributed by atoms with E-state index in [9.17, 15) is 0 Å². The summed E-state index contributed by atoms with van der Waals surface area (Å²) in [5.74, 6) is 0.836. The highest BCUT2D eigenvalue weighted by atomic mass is 35.5. The maximum atomic E-state index is 5.97. The Balaban J connectivity index is 0.000000659. The lowest BCUT2D eigenvalue weighted by molar-refractivity contribution is 0.415. The Morgan fingerprint density at radius 1 is 1.06 bits per heavy atom. The van der Waals surface area contributed by atoms with Crippen molar-refractivity contribution >= 4 is 22.4 Å². The lowest BCUT2D eigenvalue weighted by Crippen LogP contribution is -1.86. The molecule has 100 valence electrons. The van der Waals surface area contributed by atoms with Crippen LogP contribution in [-0.2, 0) is 0 Å². The Morgan fingerprint density at radius 3 is 2.22 bits per heavy atom. The number of rotatable bonds is 1. The largest absolute Gasteiger partial charge is 0.497 e. The maximum Gasteiger partial charge on any atom is 0.136 e. The van der Waals surface area contributed by atoms with Gasteiger partial charge in [0.2, 0.25) is 0 Å². The van der Waals surface area contributed by atoms with E-state index in [1.165, 1.54) is 0 Å². The van der Waals surface area contributed by atoms with Gasteiger partial charge in [-0.3, -0.25) is 0 Å². The van der Waals surface area contributed by atoms with E-state index in [0.29, 0.717) is 5.15 Å². The fraction of sp³-hybridized carbons (Fsp3) is 0.400. The lowest BCUT2D eigenvalue weighted by atomic mass is 10.1. The van der Waals surface area contributed by atoms with Crippen LogP contribution in [0.4, 0.5) is 0 Å². The molecule has 0 amide bonds. The van der Waals surface area contributed by atoms with Crippen LogP contribution >= 0.6 is 11.6 Å². The SMILES string of the molecule is CC.CC.COc1ccc2c(Cl)ncc(C)c2c1. The van der Waals surface area contributed by atoms with Crippen molar-refractivity contribution in [1.82, 2.24) is 4.98 Å². The topological polar surface area (TPSA) is 22.1 Å². The standard InChI is InChI=1S/C11H10ClNO.2C2H6/c1-7-6-13-11(12)9-4-3-8(14-2)5-10(7)9;2*1-2/h3-6H,1-2H3;2*1-2H3. The second kappa shape index (κ2) is 8.76. The first-order valence-corrected chi connectivity index (χ1v) is 6.69. The molecule has 18 heavy (non-hydrogen) atoms. The van der Waals surface area contributed by atoms with Crippen LogP contribution in [0.15, 0.2) is 24.4 Å². The molecule has 0 saturated carbocycles. The van der Waals surface area contributed by atoms with Gasteiger partial charge in [-0.25, -0.2) is 4.98 Å². The van der Waals surface area contributed by atoms with Crippen LogP contribution in [0.5, 0.6) is 5.75 Å². The zero-order chi connectivity index (χ0) is 14.1. The van der Waals surface area contributed by atoms with Gasteiger partial charge < -0.3 is 4.74 Å². The molecule has 0 fully saturated rings. The second-order valence-corrected chi connectivity index (χ2v) is 3.50. The van der Waals surface area contributed by atoms with Crippen LogP contribution < -0.4 is 4.74 Å². The summed E-state index contributed by atoms with van der Waals surface area (Å²) < 4.78 is 5.15. The smallest absolute Gasteiger partial charge is 0.136 e. The molecule has 0 spiro atoms. The first kappa shape index (κ1) is 16.7. The zero-order valence-corrected chi connectivity index (χ0v) is 12.8. The Morgan fingerprint density at radius 2 is 1.67 bits per heavy atom. The van der Waals surface area contributed by atoms with E-state index in [2.05, 4.69) is 4.98 Å². The lowest BCUT2D eigenvalue weighted by Gasteiger charge is -2.05. The number of benzene rings is 1. The molecule has 2 rings (SSSR count). The van der Waals surface area contributed by atoms with Gasteiger partial charge in [0.1, 0.15) is 10.9 Å². The van der Waals surface area contributed by atoms with Gasteiger partial charge in [-0.05, 0) is 36.1 Å². The molecule has 1 heterocycles. The summed E-state index contributed by atoms with van der Waals surface area (Å²) >= 11 is 5.97. The summed E-state index contributed by atoms with van der Waals surface area (Å²) in [5, 5.41) is 2.59. The van der Waals surface area contributed by atoms with Crippen LogP contribution in [0.2, 0.25) is 5.15 Å². The number of fused-ring (bicyclic) bond motifs is 1. The van der Waals surface area contributed by atoms with Gasteiger partial charge in [-0.2, -0.15) is 0 Å². The van der Waals surface area contributed by atoms with E-state index in [1.807, 2.05) is 52.8 Å². The van der Waals surface area contributed by atoms with E-state index >= 15 is 0 Å². The fourth-order valence-corrected chi connectivity index (χ4v) is 1.66. The third-order valence-corrected chi connectivity index (χ3v) is 2.55. The Kier molecular flexibility index (Phi) is 8.14. The molecule has 0 aliphatic rings. The zero-order valence-electron chi connectivity index (χ0n) is 12.0. The third kappa shape index (κ3) is 3.88. The molecular formula is C15H22ClNO. The number of hydrogen-bond acceptors (Lipinski definition) is 2. The minimum Gasteiger partial charge on any atom is -0.497 e. The van der Waals surface area contributed by atoms with Crippen molar-refractivity contribution in [3.8, 4) is 5.75 Å². The number of ether oxygens (including phenoxy) is 1. The van der Waals surface area contributed by atoms with E-state index in [-0.39, 0.29) is 0 Å². The average molecular weight is 268 g/mol. The van der Waals surface area contributed by atoms with Crippen LogP contribution in [-0.4, -0.2) is 12.1 Å². The summed E-state index contributed by atoms with van der Waals surface area (Å²) in [6.07, 6.45) is 1.77. The summed E-state index contributed by atoms with van der Waals surface area (Å²) in [5.41, 5.74) is 1.10. The van der Waals surface area contributed by atoms with Crippen molar-refractivity contribution in [2.45, 2.75) is 34.6 Å². The molecule has 0 unspecified atom stereocenters. The third-order valence-electron chi connectivity index (χ3n) is 2.25. The number of methoxy groups -OCH3 is 1. The van der Waals surface area contributed by atoms with Crippen molar-refractivity contribution in [2.24, 2.45) is 0 Å². The molecule has 1 aromatic carbocycles. The Labute approximate surface area is 115 Å². The van der Waals surface area contributed by atoms with Crippen LogP contribution in [0.1, 0.15) is 33.3 Å². The van der Waals surface area contributed by atoms with Crippen molar-refractivity contribution in [1.29, 1.82) is 0 Å². The highest BCUT2D eigenvalue weighted by molar-refractivity contribution is 6.34. The van der Waals surface area contributed by atoms with Crippen LogP contribution in [0.25, 0.3) is 10.8 Å². The van der Waals surface area contributed by atoms with Gasteiger partial charge >= 0.3 is 0 Å². The number of aromatic nitrogens is 1. The summed E-state index contributed by atoms with van der Waals surface area (Å²) in [6.45, 7) is 10.0. The number of halogens is 1. The molecule has 3 heteroatoms. The first-order chi connectivity index (χ1) is 8.72. The minimum atomic E-state index is 0.535. The van der Waals surface area contributed by atoms with Crippen molar-refractivity contribution in [3.05, 3.63) is 35.1 Å². The molecule has 1 aromatic heterocycles. The predicted octanol–water partition coefficient (Wildman–Crippen LogP) is 5.26. The molecule has 2 aromatic rings. The number of hydrogen-bond donors (Lipinski definition) is 0. The van der Waals surface area contributed by atoms with E-state index in [4.69, 9.17) is 16.3 Å². The molecule has 0 atom stereocenters. The van der Waals surface area contributed by atoms with Crippen molar-refractivity contribution in [3.63, 3.8) is 0 Å². The molecule has 0 saturated heterocycles. The molecule has 0 N–H and O–H groups in total. The van der Waals surface area contributed by atoms with Crippen LogP contribution in [0, 0.1) is 6.92 Å². The van der Waals surface area contributed by atoms with Gasteiger partial charge in [-0.1, -0.05) is 39.3 Å². The Hall–Kier alpha value is -1.28. The van der Waals surface area contributed by atoms with Gasteiger partial charge in [0.25, 0.3) is 0 Å². The van der Waals surface area contributed by atoms with Gasteiger partial charge in [0, 0.05) is 11.6 Å². The highest BCUT2D eigenvalue weighted by Crippen LogP contribution is 2.27. The van der Waals surface area contributed by atoms with Crippen LogP contribution in [0.3, 0.4) is 0 Å². The molecule has 0 aliphatic carbocycles. The van der Waals surface area contributed by atoms with E-state index in [0.717, 1.165) is 22.1 Å². The summed E-state index contributed by atoms with van der Waals surface area (Å²) in [6, 6.07) is 5.78. The molecular weight excluding hydrogens is 246 g/mol. The number of pyridine rings is 1. The normalized spacial score (nSPS) is 8.83. The summed E-state index contributed by atoms with van der Waals surface area (Å²) in [7, 11) is 1.65. The monoisotopic (exact) mass is 267 g/mol. The molecule has 2 nitrogen and oxygen atoms in total. The number of aryl methyl sites for hydroxylation is 1. The minimum absolute atomic E-state index is 0.535. The molecule has 0 bridgehead atoms. The van der Waals surface area contributed by atoms with Gasteiger partial charge in [0.05, 0.1) is 7.11 Å². The predicted molar refractivity (Wildman–Crippen MR) is 80.7 cm³/mol. The van der Waals surface area contributed by atoms with E-state index < -0.39 is 0 Å². The quantitative estimate of drug-likeness (QED) is 0.658. The fourth-order valence-electron chi connectivity index (χ4n) is 1.45. The Bertz CT molecular complexity index is 483. The van der Waals surface area contributed by atoms with Crippen molar-refractivity contribution in [2.75, 3.05) is 7.11 Å². The van der Waals surface area contributed by atoms with Crippen molar-refractivity contribution < 1.29 is 4.74 Å². The average Bonchev–Trinajstić information content (AvgIpc) is 2.47. The maximum absolute atomic E-state index is 5.97. The summed E-state index contributed by atoms with van der Waals surface area (Å²) in [4.78, 5) is 4.09. The second-order valence-electron chi connectivity index (χ2n) is 3.14. The first-order valence-electron chi connectivity index (χ1n) is 6.31. The highest BCUT2D eigenvalue weighted by Gasteiger charge is 2.03. The number of nitrogens with zero attached hydrogens (tertiary/aromatic N) is 1. The molecule has 0 aliphatic heterocycles. The van der Waals surface area contributed by atoms with Gasteiger partial charge in [0.15, 0.2) is 0 Å². The molecule has 0 radical (unpaired) electrons. The van der Waals surface area contributed by atoms with E-state index in [1.54, 1.807) is 13.3 Å².